The van der Waals surface area contributed by atoms with E-state index in [1.807, 2.05) is 36.4 Å². The van der Waals surface area contributed by atoms with Crippen molar-refractivity contribution < 1.29 is 24.8 Å². The zero-order valence-corrected chi connectivity index (χ0v) is 14.9. The molecule has 0 amide bonds. The fourth-order valence-corrected chi connectivity index (χ4v) is 5.46. The van der Waals surface area contributed by atoms with Crippen LogP contribution in [-0.2, 0) is 9.47 Å². The Kier molecular flexibility index (Phi) is 6.18. The predicted molar refractivity (Wildman–Crippen MR) is 97.6 cm³/mol. The van der Waals surface area contributed by atoms with E-state index in [4.69, 9.17) is 9.47 Å². The maximum Gasteiger partial charge on any atom is 0.186 e. The maximum absolute atomic E-state index is 10.4. The van der Waals surface area contributed by atoms with Gasteiger partial charge in [-0.2, -0.15) is 0 Å². The molecule has 0 saturated carbocycles. The van der Waals surface area contributed by atoms with Gasteiger partial charge in [0.15, 0.2) is 6.29 Å². The zero-order valence-electron chi connectivity index (χ0n) is 14.0. The van der Waals surface area contributed by atoms with Gasteiger partial charge in [0.1, 0.15) is 18.3 Å². The van der Waals surface area contributed by atoms with Crippen molar-refractivity contribution in [2.24, 2.45) is 0 Å². The quantitative estimate of drug-likeness (QED) is 0.678. The highest BCUT2D eigenvalue weighted by Gasteiger charge is 2.44. The molecule has 0 aromatic heterocycles. The summed E-state index contributed by atoms with van der Waals surface area (Å²) in [6, 6.07) is 20.1. The minimum absolute atomic E-state index is 0.522. The first-order valence-corrected chi connectivity index (χ1v) is 9.74. The highest BCUT2D eigenvalue weighted by atomic mass is 31.1. The summed E-state index contributed by atoms with van der Waals surface area (Å²) in [6.07, 6.45) is -4.79. The third-order valence-corrected chi connectivity index (χ3v) is 6.97. The molecule has 1 saturated heterocycles. The molecular formula is C19H23O5P. The number of benzene rings is 2. The molecule has 1 heterocycles. The third kappa shape index (κ3) is 4.09. The topological polar surface area (TPSA) is 79.2 Å². The third-order valence-electron chi connectivity index (χ3n) is 4.40. The second-order valence-corrected chi connectivity index (χ2v) is 8.29. The lowest BCUT2D eigenvalue weighted by Crippen LogP contribution is -2.59. The number of aliphatic hydroxyl groups excluding tert-OH is 3. The van der Waals surface area contributed by atoms with E-state index in [-0.39, 0.29) is 0 Å². The summed E-state index contributed by atoms with van der Waals surface area (Å²) in [4.78, 5) is 0. The summed E-state index contributed by atoms with van der Waals surface area (Å²) in [5.74, 6) is 0. The summed E-state index contributed by atoms with van der Waals surface area (Å²) in [7, 11) is 0.618. The molecule has 0 spiro atoms. The highest BCUT2D eigenvalue weighted by molar-refractivity contribution is 7.73. The molecule has 3 N–H and O–H groups in total. The summed E-state index contributed by atoms with van der Waals surface area (Å²) >= 11 is 0. The van der Waals surface area contributed by atoms with E-state index in [1.54, 1.807) is 0 Å². The molecule has 134 valence electrons. The number of hydrogen-bond donors (Lipinski definition) is 3. The van der Waals surface area contributed by atoms with Crippen LogP contribution in [0.4, 0.5) is 0 Å². The van der Waals surface area contributed by atoms with Gasteiger partial charge in [-0.3, -0.25) is 0 Å². The van der Waals surface area contributed by atoms with E-state index >= 15 is 0 Å². The van der Waals surface area contributed by atoms with Gasteiger partial charge >= 0.3 is 0 Å². The van der Waals surface area contributed by atoms with Gasteiger partial charge in [0.05, 0.1) is 6.10 Å². The highest BCUT2D eigenvalue weighted by Crippen LogP contribution is 2.37. The first kappa shape index (κ1) is 18.5. The molecule has 0 unspecified atom stereocenters. The van der Waals surface area contributed by atoms with E-state index in [2.05, 4.69) is 24.3 Å². The standard InChI is InChI=1S/C19H23O5P/c1-23-19-18(22)17(21)16(20)15(24-19)12-25(13-8-4-2-5-9-13)14-10-6-3-7-11-14/h2-11,15-22H,12H2,1H3/t15-,16-,17+,18-,19+/m1/s1. The molecule has 5 atom stereocenters. The van der Waals surface area contributed by atoms with Crippen molar-refractivity contribution in [1.29, 1.82) is 0 Å². The molecule has 3 rings (SSSR count). The van der Waals surface area contributed by atoms with Crippen molar-refractivity contribution in [3.05, 3.63) is 60.7 Å². The largest absolute Gasteiger partial charge is 0.388 e. The Morgan fingerprint density at radius 2 is 1.36 bits per heavy atom. The average molecular weight is 362 g/mol. The summed E-state index contributed by atoms with van der Waals surface area (Å²) in [5, 5.41) is 32.8. The molecule has 1 fully saturated rings. The van der Waals surface area contributed by atoms with E-state index in [1.165, 1.54) is 7.11 Å². The fourth-order valence-electron chi connectivity index (χ4n) is 3.02. The Bertz CT molecular complexity index is 612. The first-order valence-electron chi connectivity index (χ1n) is 8.22. The monoisotopic (exact) mass is 362 g/mol. The average Bonchev–Trinajstić information content (AvgIpc) is 2.67. The lowest BCUT2D eigenvalue weighted by molar-refractivity contribution is -0.285. The van der Waals surface area contributed by atoms with Crippen LogP contribution >= 0.6 is 7.92 Å². The van der Waals surface area contributed by atoms with Crippen LogP contribution in [0.3, 0.4) is 0 Å². The molecular weight excluding hydrogens is 339 g/mol. The number of ether oxygens (including phenoxy) is 2. The number of hydrogen-bond acceptors (Lipinski definition) is 5. The summed E-state index contributed by atoms with van der Waals surface area (Å²) in [6.45, 7) is 0. The van der Waals surface area contributed by atoms with Gasteiger partial charge in [-0.15, -0.1) is 0 Å². The molecule has 0 bridgehead atoms. The predicted octanol–water partition coefficient (Wildman–Crippen LogP) is 0.573. The molecule has 1 aliphatic rings. The van der Waals surface area contributed by atoms with Crippen LogP contribution < -0.4 is 10.6 Å². The van der Waals surface area contributed by atoms with Gasteiger partial charge in [0.25, 0.3) is 0 Å². The van der Waals surface area contributed by atoms with Crippen molar-refractivity contribution in [3.8, 4) is 0 Å². The van der Waals surface area contributed by atoms with Crippen molar-refractivity contribution in [2.45, 2.75) is 30.7 Å². The SMILES string of the molecule is CO[C@H]1O[C@H](CP(c2ccccc2)c2ccccc2)[C@@H](O)[C@H](O)[C@H]1O. The lowest BCUT2D eigenvalue weighted by atomic mass is 10.00. The normalized spacial score (nSPS) is 29.7. The minimum Gasteiger partial charge on any atom is -0.388 e. The number of methoxy groups -OCH3 is 1. The Morgan fingerprint density at radius 3 is 1.84 bits per heavy atom. The second-order valence-electron chi connectivity index (χ2n) is 6.03. The summed E-state index contributed by atoms with van der Waals surface area (Å²) in [5.41, 5.74) is 0. The van der Waals surface area contributed by atoms with Crippen LogP contribution in [0.1, 0.15) is 0 Å². The van der Waals surface area contributed by atoms with Crippen LogP contribution in [-0.4, -0.2) is 59.3 Å². The van der Waals surface area contributed by atoms with E-state index in [9.17, 15) is 15.3 Å². The Morgan fingerprint density at radius 1 is 0.840 bits per heavy atom. The number of aliphatic hydroxyl groups is 3. The van der Waals surface area contributed by atoms with E-state index in [0.717, 1.165) is 10.6 Å². The van der Waals surface area contributed by atoms with Gasteiger partial charge in [-0.1, -0.05) is 60.7 Å². The molecule has 1 aliphatic heterocycles. The zero-order chi connectivity index (χ0) is 17.8. The van der Waals surface area contributed by atoms with Gasteiger partial charge in [0.2, 0.25) is 0 Å². The van der Waals surface area contributed by atoms with Crippen LogP contribution in [0.5, 0.6) is 0 Å². The molecule has 0 aliphatic carbocycles. The van der Waals surface area contributed by atoms with Crippen molar-refractivity contribution in [3.63, 3.8) is 0 Å². The van der Waals surface area contributed by atoms with Crippen molar-refractivity contribution >= 4 is 18.5 Å². The molecule has 0 radical (unpaired) electrons. The fraction of sp³-hybridized carbons (Fsp3) is 0.368. The minimum atomic E-state index is -1.30. The Balaban J connectivity index is 1.87. The molecule has 2 aromatic rings. The Labute approximate surface area is 148 Å². The molecule has 2 aromatic carbocycles. The second kappa shape index (κ2) is 8.37. The first-order chi connectivity index (χ1) is 12.1. The van der Waals surface area contributed by atoms with Gasteiger partial charge < -0.3 is 24.8 Å². The Hall–Kier alpha value is -1.33. The smallest absolute Gasteiger partial charge is 0.186 e. The van der Waals surface area contributed by atoms with Crippen LogP contribution in [0, 0.1) is 0 Å². The van der Waals surface area contributed by atoms with E-state index < -0.39 is 38.6 Å². The van der Waals surface area contributed by atoms with Gasteiger partial charge in [0, 0.05) is 13.3 Å². The van der Waals surface area contributed by atoms with Crippen LogP contribution in [0.15, 0.2) is 60.7 Å². The maximum atomic E-state index is 10.4. The van der Waals surface area contributed by atoms with Crippen LogP contribution in [0.2, 0.25) is 0 Å². The molecule has 5 nitrogen and oxygen atoms in total. The lowest BCUT2D eigenvalue weighted by Gasteiger charge is -2.41. The molecule has 6 heteroatoms. The van der Waals surface area contributed by atoms with E-state index in [0.29, 0.717) is 6.16 Å². The molecule has 25 heavy (non-hydrogen) atoms. The van der Waals surface area contributed by atoms with Crippen molar-refractivity contribution in [1.82, 2.24) is 0 Å². The van der Waals surface area contributed by atoms with Crippen LogP contribution in [0.25, 0.3) is 0 Å². The van der Waals surface area contributed by atoms with Gasteiger partial charge in [-0.25, -0.2) is 0 Å². The number of rotatable bonds is 5. The van der Waals surface area contributed by atoms with Crippen molar-refractivity contribution in [2.75, 3.05) is 13.3 Å². The summed E-state index contributed by atoms with van der Waals surface area (Å²) < 4.78 is 10.8. The van der Waals surface area contributed by atoms with Gasteiger partial charge in [-0.05, 0) is 18.5 Å².